The van der Waals surface area contributed by atoms with E-state index >= 15 is 0 Å². The van der Waals surface area contributed by atoms with Gasteiger partial charge in [-0.25, -0.2) is 0 Å². The number of phenols is 1. The Morgan fingerprint density at radius 3 is 2.38 bits per heavy atom. The third-order valence-electron chi connectivity index (χ3n) is 5.96. The Morgan fingerprint density at radius 2 is 1.90 bits per heavy atom. The van der Waals surface area contributed by atoms with Crippen LogP contribution in [-0.2, 0) is 11.2 Å². The van der Waals surface area contributed by atoms with Gasteiger partial charge in [0.15, 0.2) is 0 Å². The van der Waals surface area contributed by atoms with Gasteiger partial charge in [0.25, 0.3) is 0 Å². The lowest BCUT2D eigenvalue weighted by Gasteiger charge is -2.27. The van der Waals surface area contributed by atoms with Gasteiger partial charge in [0.1, 0.15) is 5.75 Å². The van der Waals surface area contributed by atoms with Crippen molar-refractivity contribution in [3.05, 3.63) is 65.8 Å². The summed E-state index contributed by atoms with van der Waals surface area (Å²) in [4.78, 5) is 14.9. The van der Waals surface area contributed by atoms with Gasteiger partial charge in [-0.3, -0.25) is 4.79 Å². The maximum Gasteiger partial charge on any atom is 0.220 e. The summed E-state index contributed by atoms with van der Waals surface area (Å²) in [5.74, 6) is 1.20. The Balaban J connectivity index is 2.01. The molecule has 0 saturated heterocycles. The van der Waals surface area contributed by atoms with Crippen LogP contribution < -0.4 is 5.32 Å². The summed E-state index contributed by atoms with van der Waals surface area (Å²) in [7, 11) is 4.08. The van der Waals surface area contributed by atoms with E-state index in [1.54, 1.807) is 18.2 Å². The van der Waals surface area contributed by atoms with Gasteiger partial charge in [0, 0.05) is 19.0 Å². The number of carbonyl (C=O) groups excluding carboxylic acids is 1. The van der Waals surface area contributed by atoms with Gasteiger partial charge in [-0.05, 0) is 93.4 Å². The number of aryl methyl sites for hydroxylation is 2. The maximum absolute atomic E-state index is 12.7. The molecule has 0 aliphatic heterocycles. The van der Waals surface area contributed by atoms with E-state index in [1.807, 2.05) is 40.1 Å². The standard InChI is InChI=1S/C25H36N2O2/c1-7-9-19(8-2)24(20-10-11-20)15-25(29)26-16-21(27(5)6)14-23-17(3)12-22(28)13-18(23)4/h7-9,12-13,20-21,24,28H,1-2,10-11,14-16H2,3-6H3,(H,26,29)/b19-9+. The van der Waals surface area contributed by atoms with E-state index in [-0.39, 0.29) is 17.9 Å². The number of hydrogen-bond donors (Lipinski definition) is 2. The minimum atomic E-state index is 0.0877. The first-order valence-electron chi connectivity index (χ1n) is 10.4. The van der Waals surface area contributed by atoms with E-state index in [2.05, 4.69) is 23.4 Å². The monoisotopic (exact) mass is 396 g/mol. The lowest BCUT2D eigenvalue weighted by molar-refractivity contribution is -0.122. The fraction of sp³-hybridized carbons (Fsp3) is 0.480. The number of allylic oxidation sites excluding steroid dienone is 4. The highest BCUT2D eigenvalue weighted by atomic mass is 16.3. The van der Waals surface area contributed by atoms with Crippen molar-refractivity contribution in [3.63, 3.8) is 0 Å². The van der Waals surface area contributed by atoms with Crippen molar-refractivity contribution in [1.82, 2.24) is 10.2 Å². The second kappa shape index (κ2) is 10.4. The molecule has 0 bridgehead atoms. The number of nitrogens with zero attached hydrogens (tertiary/aromatic N) is 1. The molecule has 0 spiro atoms. The molecular formula is C25H36N2O2. The average Bonchev–Trinajstić information content (AvgIpc) is 3.48. The van der Waals surface area contributed by atoms with E-state index in [1.165, 1.54) is 18.4 Å². The number of carbonyl (C=O) groups is 1. The molecule has 1 amide bonds. The molecule has 1 aromatic rings. The number of nitrogens with one attached hydrogen (secondary N) is 1. The molecule has 29 heavy (non-hydrogen) atoms. The van der Waals surface area contributed by atoms with Crippen molar-refractivity contribution in [1.29, 1.82) is 0 Å². The SMILES string of the molecule is C=C/C=C(\C=C)C(CC(=O)NCC(Cc1c(C)cc(O)cc1C)N(C)C)C1CC1. The highest BCUT2D eigenvalue weighted by Gasteiger charge is 2.34. The highest BCUT2D eigenvalue weighted by molar-refractivity contribution is 5.76. The molecule has 4 heteroatoms. The molecule has 1 aromatic carbocycles. The molecule has 0 heterocycles. The van der Waals surface area contributed by atoms with E-state index in [9.17, 15) is 9.90 Å². The van der Waals surface area contributed by atoms with Crippen LogP contribution in [0.4, 0.5) is 0 Å². The van der Waals surface area contributed by atoms with Crippen molar-refractivity contribution in [3.8, 4) is 5.75 Å². The van der Waals surface area contributed by atoms with Gasteiger partial charge in [-0.15, -0.1) is 0 Å². The Hall–Kier alpha value is -2.33. The largest absolute Gasteiger partial charge is 0.508 e. The number of likely N-dealkylation sites (N-methyl/N-ethyl adjacent to an activating group) is 1. The molecule has 1 saturated carbocycles. The molecular weight excluding hydrogens is 360 g/mol. The van der Waals surface area contributed by atoms with Crippen LogP contribution >= 0.6 is 0 Å². The highest BCUT2D eigenvalue weighted by Crippen LogP contribution is 2.42. The first kappa shape index (κ1) is 23.0. The molecule has 0 radical (unpaired) electrons. The third-order valence-corrected chi connectivity index (χ3v) is 5.96. The van der Waals surface area contributed by atoms with E-state index in [0.29, 0.717) is 24.6 Å². The second-order valence-electron chi connectivity index (χ2n) is 8.44. The quantitative estimate of drug-likeness (QED) is 0.548. The molecule has 2 rings (SSSR count). The molecule has 2 N–H and O–H groups in total. The van der Waals surface area contributed by atoms with Crippen LogP contribution in [0.3, 0.4) is 0 Å². The summed E-state index contributed by atoms with van der Waals surface area (Å²) in [6.45, 7) is 12.3. The fourth-order valence-corrected chi connectivity index (χ4v) is 4.00. The van der Waals surface area contributed by atoms with Gasteiger partial charge >= 0.3 is 0 Å². The van der Waals surface area contributed by atoms with E-state index in [0.717, 1.165) is 23.1 Å². The number of phenolic OH excluding ortho intramolecular Hbond substituents is 1. The number of hydrogen-bond acceptors (Lipinski definition) is 3. The topological polar surface area (TPSA) is 52.6 Å². The first-order valence-corrected chi connectivity index (χ1v) is 10.4. The second-order valence-corrected chi connectivity index (χ2v) is 8.44. The summed E-state index contributed by atoms with van der Waals surface area (Å²) in [6.07, 6.45) is 9.28. The normalized spacial score (nSPS) is 16.4. The van der Waals surface area contributed by atoms with Gasteiger partial charge in [0.2, 0.25) is 5.91 Å². The van der Waals surface area contributed by atoms with Crippen LogP contribution in [0.5, 0.6) is 5.75 Å². The van der Waals surface area contributed by atoms with Crippen LogP contribution in [0.2, 0.25) is 0 Å². The van der Waals surface area contributed by atoms with E-state index < -0.39 is 0 Å². The maximum atomic E-state index is 12.7. The number of benzene rings is 1. The van der Waals surface area contributed by atoms with Crippen molar-refractivity contribution in [2.75, 3.05) is 20.6 Å². The summed E-state index contributed by atoms with van der Waals surface area (Å²) in [6, 6.07) is 3.79. The smallest absolute Gasteiger partial charge is 0.220 e. The summed E-state index contributed by atoms with van der Waals surface area (Å²) >= 11 is 0. The van der Waals surface area contributed by atoms with Crippen LogP contribution in [-0.4, -0.2) is 42.6 Å². The zero-order chi connectivity index (χ0) is 21.6. The lowest BCUT2D eigenvalue weighted by atomic mass is 9.90. The summed E-state index contributed by atoms with van der Waals surface area (Å²) < 4.78 is 0. The molecule has 0 aromatic heterocycles. The van der Waals surface area contributed by atoms with Crippen molar-refractivity contribution >= 4 is 5.91 Å². The molecule has 1 aliphatic carbocycles. The molecule has 2 unspecified atom stereocenters. The zero-order valence-electron chi connectivity index (χ0n) is 18.4. The summed E-state index contributed by atoms with van der Waals surface area (Å²) in [5, 5.41) is 12.9. The summed E-state index contributed by atoms with van der Waals surface area (Å²) in [5.41, 5.74) is 4.51. The Labute approximate surface area is 176 Å². The number of amides is 1. The van der Waals surface area contributed by atoms with Gasteiger partial charge in [0.05, 0.1) is 0 Å². The minimum Gasteiger partial charge on any atom is -0.508 e. The molecule has 2 atom stereocenters. The third kappa shape index (κ3) is 6.60. The van der Waals surface area contributed by atoms with Crippen LogP contribution in [0.1, 0.15) is 36.0 Å². The van der Waals surface area contributed by atoms with Crippen LogP contribution in [0, 0.1) is 25.7 Å². The fourth-order valence-electron chi connectivity index (χ4n) is 4.00. The molecule has 1 aliphatic rings. The van der Waals surface area contributed by atoms with Crippen molar-refractivity contribution in [2.24, 2.45) is 11.8 Å². The molecule has 158 valence electrons. The van der Waals surface area contributed by atoms with Crippen LogP contribution in [0.15, 0.2) is 49.1 Å². The van der Waals surface area contributed by atoms with Crippen molar-refractivity contribution in [2.45, 2.75) is 45.6 Å². The van der Waals surface area contributed by atoms with Gasteiger partial charge < -0.3 is 15.3 Å². The zero-order valence-corrected chi connectivity index (χ0v) is 18.4. The lowest BCUT2D eigenvalue weighted by Crippen LogP contribution is -2.42. The molecule has 1 fully saturated rings. The van der Waals surface area contributed by atoms with E-state index in [4.69, 9.17) is 0 Å². The molecule has 4 nitrogen and oxygen atoms in total. The Bertz CT molecular complexity index is 752. The minimum absolute atomic E-state index is 0.0877. The van der Waals surface area contributed by atoms with Gasteiger partial charge in [-0.2, -0.15) is 0 Å². The van der Waals surface area contributed by atoms with Gasteiger partial charge in [-0.1, -0.05) is 31.4 Å². The Kier molecular flexibility index (Phi) is 8.27. The number of rotatable bonds is 11. The first-order chi connectivity index (χ1) is 13.8. The number of aromatic hydroxyl groups is 1. The predicted octanol–water partition coefficient (Wildman–Crippen LogP) is 4.31. The average molecular weight is 397 g/mol. The predicted molar refractivity (Wildman–Crippen MR) is 121 cm³/mol. The Morgan fingerprint density at radius 1 is 1.28 bits per heavy atom. The van der Waals surface area contributed by atoms with Crippen molar-refractivity contribution < 1.29 is 9.90 Å². The van der Waals surface area contributed by atoms with Crippen LogP contribution in [0.25, 0.3) is 0 Å².